The molecule has 2 aliphatic heterocycles. The van der Waals surface area contributed by atoms with Crippen molar-refractivity contribution in [1.82, 2.24) is 5.32 Å². The maximum absolute atomic E-state index is 13.9. The molecule has 11 nitrogen and oxygen atoms in total. The van der Waals surface area contributed by atoms with Gasteiger partial charge in [-0.3, -0.25) is 18.9 Å². The van der Waals surface area contributed by atoms with E-state index in [1.807, 2.05) is 0 Å². The Kier molecular flexibility index (Phi) is 11.6. The normalized spacial score (nSPS) is 15.8. The number of aliphatic hydroxyl groups excluding tert-OH is 1. The van der Waals surface area contributed by atoms with Gasteiger partial charge in [-0.15, -0.1) is 0 Å². The SMILES string of the molecule is CC(C)(C)C(=O)Oc1c(CCC(=O)NCCCCCCO)cc2c(c1Cl)Oc1cc(OC(=O)C(C)(C)C)c3ccccc3c1C21OC(=O)c2ccc(P=O)cc21. The molecule has 6 rings (SSSR count). The topological polar surface area (TPSA) is 155 Å². The third-order valence-electron chi connectivity index (χ3n) is 9.77. The zero-order valence-corrected chi connectivity index (χ0v) is 33.9. The van der Waals surface area contributed by atoms with Crippen LogP contribution in [0.5, 0.6) is 23.0 Å². The molecule has 0 radical (unpaired) electrons. The Morgan fingerprint density at radius 3 is 2.23 bits per heavy atom. The lowest BCUT2D eigenvalue weighted by molar-refractivity contribution is -0.143. The number of carbonyl (C=O) groups is 4. The summed E-state index contributed by atoms with van der Waals surface area (Å²) >= 11 is 7.24. The van der Waals surface area contributed by atoms with E-state index in [0.717, 1.165) is 19.3 Å². The summed E-state index contributed by atoms with van der Waals surface area (Å²) in [6.45, 7) is 10.9. The van der Waals surface area contributed by atoms with E-state index in [9.17, 15) is 23.7 Å². The van der Waals surface area contributed by atoms with E-state index in [1.165, 1.54) is 0 Å². The molecule has 0 saturated heterocycles. The van der Waals surface area contributed by atoms with E-state index in [1.54, 1.807) is 96.1 Å². The molecule has 2 N–H and O–H groups in total. The smallest absolute Gasteiger partial charge is 0.340 e. The Balaban J connectivity index is 1.57. The average molecular weight is 802 g/mol. The van der Waals surface area contributed by atoms with Crippen LogP contribution in [0.4, 0.5) is 0 Å². The number of hydrogen-bond acceptors (Lipinski definition) is 10. The van der Waals surface area contributed by atoms with E-state index in [0.29, 0.717) is 51.3 Å². The van der Waals surface area contributed by atoms with Crippen LogP contribution in [0.3, 0.4) is 0 Å². The van der Waals surface area contributed by atoms with E-state index < -0.39 is 34.3 Å². The maximum atomic E-state index is 13.9. The summed E-state index contributed by atoms with van der Waals surface area (Å²) in [6.07, 6.45) is 3.28. The first kappa shape index (κ1) is 40.8. The van der Waals surface area contributed by atoms with Crippen molar-refractivity contribution in [2.45, 2.75) is 85.7 Å². The number of rotatable bonds is 12. The van der Waals surface area contributed by atoms with Crippen molar-refractivity contribution in [2.75, 3.05) is 13.2 Å². The average Bonchev–Trinajstić information content (AvgIpc) is 3.43. The number of benzene rings is 4. The van der Waals surface area contributed by atoms with Crippen molar-refractivity contribution in [3.05, 3.63) is 87.4 Å². The van der Waals surface area contributed by atoms with Crippen molar-refractivity contribution in [3.8, 4) is 23.0 Å². The quantitative estimate of drug-likeness (QED) is 0.0617. The molecule has 0 aliphatic carbocycles. The molecule has 4 aromatic carbocycles. The fourth-order valence-electron chi connectivity index (χ4n) is 6.76. The third-order valence-corrected chi connectivity index (χ3v) is 10.6. The van der Waals surface area contributed by atoms with Gasteiger partial charge in [-0.2, -0.15) is 0 Å². The molecule has 0 bridgehead atoms. The van der Waals surface area contributed by atoms with Crippen molar-refractivity contribution >= 4 is 60.0 Å². The standard InChI is InChI=1S/C43H45ClNO10P/c1-41(2,3)39(49)53-31-23-32-34(27-14-10-9-13-26(27)31)43(29-22-25(56-51)16-17-28(29)38(48)55-43)30-21-24(15-18-33(47)45-19-11-7-8-12-20-46)36(35(44)37(30)52-32)54-40(50)42(4,5)6/h9-10,13-14,16-17,21-23,46H,7-8,11-12,15,18-20H2,1-6H3,(H,45,47). The number of carbonyl (C=O) groups excluding carboxylic acids is 4. The number of aliphatic hydroxyl groups is 1. The summed E-state index contributed by atoms with van der Waals surface area (Å²) in [5, 5.41) is 13.3. The largest absolute Gasteiger partial charge is 0.455 e. The van der Waals surface area contributed by atoms with Gasteiger partial charge in [-0.05, 0) is 96.0 Å². The molecule has 1 atom stereocenters. The number of halogens is 1. The second-order valence-electron chi connectivity index (χ2n) is 16.1. The molecule has 2 heterocycles. The number of ether oxygens (including phenoxy) is 4. The van der Waals surface area contributed by atoms with E-state index in [4.69, 9.17) is 35.7 Å². The number of esters is 3. The van der Waals surface area contributed by atoms with Gasteiger partial charge in [0, 0.05) is 47.5 Å². The van der Waals surface area contributed by atoms with Crippen LogP contribution in [0.1, 0.15) is 106 Å². The number of amides is 1. The Hall–Kier alpha value is -4.83. The van der Waals surface area contributed by atoms with Crippen molar-refractivity contribution in [1.29, 1.82) is 0 Å². The van der Waals surface area contributed by atoms with Gasteiger partial charge >= 0.3 is 17.9 Å². The fraction of sp³-hybridized carbons (Fsp3) is 0.395. The Labute approximate surface area is 332 Å². The molecule has 2 aliphatic rings. The first-order valence-corrected chi connectivity index (χ1v) is 19.8. The minimum Gasteiger partial charge on any atom is -0.455 e. The Bertz CT molecular complexity index is 2260. The van der Waals surface area contributed by atoms with E-state index in [-0.39, 0.29) is 67.4 Å². The minimum atomic E-state index is -1.75. The summed E-state index contributed by atoms with van der Waals surface area (Å²) in [5.41, 5.74) is -1.84. The number of aryl methyl sites for hydroxylation is 1. The van der Waals surface area contributed by atoms with Crippen molar-refractivity contribution < 1.29 is 47.8 Å². The Morgan fingerprint density at radius 1 is 0.875 bits per heavy atom. The van der Waals surface area contributed by atoms with Crippen LogP contribution >= 0.6 is 20.1 Å². The first-order chi connectivity index (χ1) is 26.5. The van der Waals surface area contributed by atoms with Gasteiger partial charge in [0.25, 0.3) is 0 Å². The Morgan fingerprint density at radius 2 is 1.55 bits per heavy atom. The molecule has 13 heteroatoms. The van der Waals surface area contributed by atoms with Crippen molar-refractivity contribution in [2.24, 2.45) is 10.8 Å². The highest BCUT2D eigenvalue weighted by molar-refractivity contribution is 7.34. The molecule has 56 heavy (non-hydrogen) atoms. The summed E-state index contributed by atoms with van der Waals surface area (Å²) in [5.74, 6) is -1.61. The minimum absolute atomic E-state index is 0.0112. The summed E-state index contributed by atoms with van der Waals surface area (Å²) < 4.78 is 37.4. The second-order valence-corrected chi connectivity index (χ2v) is 17.2. The van der Waals surface area contributed by atoms with E-state index in [2.05, 4.69) is 5.32 Å². The molecule has 294 valence electrons. The van der Waals surface area contributed by atoms with Crippen LogP contribution in [0.2, 0.25) is 5.02 Å². The molecule has 0 fully saturated rings. The number of unbranched alkanes of at least 4 members (excludes halogenated alkanes) is 3. The van der Waals surface area contributed by atoms with Gasteiger partial charge in [0.05, 0.1) is 22.0 Å². The lowest BCUT2D eigenvalue weighted by Crippen LogP contribution is -2.34. The van der Waals surface area contributed by atoms with Gasteiger partial charge in [0.1, 0.15) is 16.5 Å². The van der Waals surface area contributed by atoms with Crippen LogP contribution in [0, 0.1) is 10.8 Å². The zero-order chi connectivity index (χ0) is 40.6. The number of nitrogens with one attached hydrogen (secondary N) is 1. The summed E-state index contributed by atoms with van der Waals surface area (Å²) in [6, 6.07) is 15.2. The predicted molar refractivity (Wildman–Crippen MR) is 212 cm³/mol. The molecule has 1 spiro atoms. The maximum Gasteiger partial charge on any atom is 0.340 e. The van der Waals surface area contributed by atoms with Gasteiger partial charge in [0.2, 0.25) is 5.91 Å². The van der Waals surface area contributed by atoms with Crippen LogP contribution in [0.25, 0.3) is 10.8 Å². The third kappa shape index (κ3) is 7.77. The van der Waals surface area contributed by atoms with E-state index >= 15 is 0 Å². The molecular formula is C43H45ClNO10P. The number of fused-ring (bicyclic) bond motifs is 8. The monoisotopic (exact) mass is 801 g/mol. The van der Waals surface area contributed by atoms with Crippen LogP contribution in [-0.2, 0) is 35.7 Å². The molecule has 0 aromatic heterocycles. The first-order valence-electron chi connectivity index (χ1n) is 18.6. The summed E-state index contributed by atoms with van der Waals surface area (Å²) in [4.78, 5) is 53.7. The van der Waals surface area contributed by atoms with Gasteiger partial charge in [-0.25, -0.2) is 4.79 Å². The predicted octanol–water partition coefficient (Wildman–Crippen LogP) is 8.48. The highest BCUT2D eigenvalue weighted by Gasteiger charge is 2.56. The fourth-order valence-corrected chi connectivity index (χ4v) is 7.38. The lowest BCUT2D eigenvalue weighted by atomic mass is 9.75. The lowest BCUT2D eigenvalue weighted by Gasteiger charge is -2.38. The molecule has 0 saturated carbocycles. The highest BCUT2D eigenvalue weighted by atomic mass is 35.5. The number of hydrogen-bond donors (Lipinski definition) is 2. The van der Waals surface area contributed by atoms with Gasteiger partial charge < -0.3 is 29.4 Å². The zero-order valence-electron chi connectivity index (χ0n) is 32.3. The molecular weight excluding hydrogens is 757 g/mol. The van der Waals surface area contributed by atoms with Crippen LogP contribution in [0.15, 0.2) is 54.6 Å². The molecule has 1 unspecified atom stereocenters. The van der Waals surface area contributed by atoms with Gasteiger partial charge in [-0.1, -0.05) is 48.7 Å². The van der Waals surface area contributed by atoms with Crippen LogP contribution < -0.4 is 24.8 Å². The van der Waals surface area contributed by atoms with Crippen molar-refractivity contribution in [3.63, 3.8) is 0 Å². The van der Waals surface area contributed by atoms with Crippen LogP contribution in [-0.4, -0.2) is 42.1 Å². The highest BCUT2D eigenvalue weighted by Crippen LogP contribution is 2.61. The van der Waals surface area contributed by atoms with Gasteiger partial charge in [0.15, 0.2) is 25.6 Å². The second kappa shape index (κ2) is 16.0. The molecule has 1 amide bonds. The molecule has 4 aromatic rings. The summed E-state index contributed by atoms with van der Waals surface area (Å²) in [7, 11) is -0.294.